The molecule has 1 aliphatic carbocycles. The molecule has 1 saturated carbocycles. The van der Waals surface area contributed by atoms with Crippen molar-refractivity contribution in [3.8, 4) is 0 Å². The second-order valence-corrected chi connectivity index (χ2v) is 10.4. The van der Waals surface area contributed by atoms with E-state index in [4.69, 9.17) is 0 Å². The number of fused-ring (bicyclic) bond motifs is 5. The van der Waals surface area contributed by atoms with E-state index in [1.807, 2.05) is 6.08 Å². The maximum absolute atomic E-state index is 3.89. The Hall–Kier alpha value is -2.00. The maximum atomic E-state index is 3.89. The molecular formula is C26H23I. The Bertz CT molecular complexity index is 1130. The van der Waals surface area contributed by atoms with E-state index in [2.05, 4.69) is 81.1 Å². The Morgan fingerprint density at radius 3 is 2.44 bits per heavy atom. The van der Waals surface area contributed by atoms with Crippen LogP contribution in [-0.2, 0) is 0 Å². The normalized spacial score (nSPS) is 20.6. The molecule has 0 saturated heterocycles. The highest BCUT2D eigenvalue weighted by Crippen LogP contribution is 2.59. The van der Waals surface area contributed by atoms with Crippen LogP contribution in [-0.4, -0.2) is 3.51 Å². The Morgan fingerprint density at radius 2 is 1.70 bits per heavy atom. The first-order valence-corrected chi connectivity index (χ1v) is 11.8. The third-order valence-corrected chi connectivity index (χ3v) is 9.61. The predicted molar refractivity (Wildman–Crippen MR) is 127 cm³/mol. The lowest BCUT2D eigenvalue weighted by Gasteiger charge is -2.22. The van der Waals surface area contributed by atoms with Crippen molar-refractivity contribution >= 4 is 41.1 Å². The van der Waals surface area contributed by atoms with Gasteiger partial charge in [0, 0.05) is 3.57 Å². The number of hydrogen-bond donors (Lipinski definition) is 0. The molecule has 0 spiro atoms. The molecule has 2 atom stereocenters. The first kappa shape index (κ1) is 17.1. The van der Waals surface area contributed by atoms with E-state index in [1.54, 1.807) is 12.6 Å². The zero-order chi connectivity index (χ0) is 18.5. The van der Waals surface area contributed by atoms with E-state index in [9.17, 15) is 0 Å². The van der Waals surface area contributed by atoms with Gasteiger partial charge in [0.2, 0.25) is 0 Å². The quantitative estimate of drug-likeness (QED) is 0.287. The van der Waals surface area contributed by atoms with Crippen LogP contribution in [0.3, 0.4) is 0 Å². The SMILES string of the molecule is C=C/C=C\c1c2c(c3ccccc3c1C)C1CC1C(c1ccc(C)cc1)=I2. The van der Waals surface area contributed by atoms with Crippen molar-refractivity contribution in [1.82, 2.24) is 0 Å². The monoisotopic (exact) mass is 462 g/mol. The standard InChI is InChI=1S/C26H23I/c1-4-5-8-20-17(3)19-9-6-7-10-21(19)24-22-15-23(22)25(27-26(20)24)18-13-11-16(2)12-14-18/h4-14,22-23H,1,15H2,2-3H3/b8-5-. The lowest BCUT2D eigenvalue weighted by Crippen LogP contribution is -2.09. The van der Waals surface area contributed by atoms with Crippen molar-refractivity contribution in [2.45, 2.75) is 26.2 Å². The highest BCUT2D eigenvalue weighted by atomic mass is 127. The van der Waals surface area contributed by atoms with Gasteiger partial charge in [0.25, 0.3) is 0 Å². The number of hydrogen-bond acceptors (Lipinski definition) is 0. The van der Waals surface area contributed by atoms with E-state index in [0.717, 1.165) is 5.92 Å². The predicted octanol–water partition coefficient (Wildman–Crippen LogP) is 7.13. The van der Waals surface area contributed by atoms with Crippen molar-refractivity contribution in [1.29, 1.82) is 0 Å². The van der Waals surface area contributed by atoms with E-state index in [0.29, 0.717) is 5.92 Å². The van der Waals surface area contributed by atoms with Gasteiger partial charge in [0.1, 0.15) is 0 Å². The van der Waals surface area contributed by atoms with Crippen LogP contribution in [0.4, 0.5) is 0 Å². The Kier molecular flexibility index (Phi) is 4.16. The van der Waals surface area contributed by atoms with Gasteiger partial charge in [-0.15, -0.1) is 0 Å². The zero-order valence-corrected chi connectivity index (χ0v) is 18.0. The van der Waals surface area contributed by atoms with Gasteiger partial charge in [-0.2, -0.15) is 0 Å². The largest absolute Gasteiger partial charge is 0.0991 e. The number of allylic oxidation sites excluding steroid dienone is 2. The van der Waals surface area contributed by atoms with E-state index < -0.39 is 0 Å². The average Bonchev–Trinajstić information content (AvgIpc) is 3.48. The Balaban J connectivity index is 1.81. The average molecular weight is 462 g/mol. The van der Waals surface area contributed by atoms with Gasteiger partial charge in [-0.05, 0) is 68.6 Å². The molecule has 2 aliphatic rings. The fraction of sp³-hybridized carbons (Fsp3) is 0.192. The summed E-state index contributed by atoms with van der Waals surface area (Å²) in [5, 5.41) is 2.92. The van der Waals surface area contributed by atoms with Crippen LogP contribution in [0.1, 0.15) is 40.2 Å². The summed E-state index contributed by atoms with van der Waals surface area (Å²) in [6.07, 6.45) is 7.62. The van der Waals surface area contributed by atoms with Crippen LogP contribution in [0.15, 0.2) is 67.3 Å². The molecule has 3 aromatic carbocycles. The fourth-order valence-electron chi connectivity index (χ4n) is 4.39. The molecular weight excluding hydrogens is 439 g/mol. The van der Waals surface area contributed by atoms with E-state index >= 15 is 0 Å². The van der Waals surface area contributed by atoms with E-state index in [-0.39, 0.29) is 20.7 Å². The Morgan fingerprint density at radius 1 is 0.963 bits per heavy atom. The van der Waals surface area contributed by atoms with Gasteiger partial charge in [0.15, 0.2) is 0 Å². The third kappa shape index (κ3) is 2.75. The van der Waals surface area contributed by atoms with Crippen molar-refractivity contribution < 1.29 is 0 Å². The van der Waals surface area contributed by atoms with Crippen molar-refractivity contribution in [2.24, 2.45) is 5.92 Å². The molecule has 0 bridgehead atoms. The lowest BCUT2D eigenvalue weighted by atomic mass is 9.91. The topological polar surface area (TPSA) is 0 Å². The molecule has 134 valence electrons. The first-order chi connectivity index (χ1) is 13.2. The number of benzene rings is 3. The molecule has 0 N–H and O–H groups in total. The van der Waals surface area contributed by atoms with Crippen LogP contribution in [0.25, 0.3) is 16.8 Å². The summed E-state index contributed by atoms with van der Waals surface area (Å²) in [6.45, 7) is 8.36. The molecule has 1 heteroatoms. The zero-order valence-electron chi connectivity index (χ0n) is 15.8. The molecule has 1 heterocycles. The highest BCUT2D eigenvalue weighted by molar-refractivity contribution is 14.2. The smallest absolute Gasteiger partial charge is 0.0196 e. The summed E-state index contributed by atoms with van der Waals surface area (Å²) in [7, 11) is 0. The first-order valence-electron chi connectivity index (χ1n) is 9.62. The molecule has 0 nitrogen and oxygen atoms in total. The number of rotatable bonds is 3. The van der Waals surface area contributed by atoms with Gasteiger partial charge < -0.3 is 0 Å². The fourth-order valence-corrected chi connectivity index (χ4v) is 8.59. The minimum Gasteiger partial charge on any atom is -0.0991 e. The molecule has 3 aromatic rings. The molecule has 5 rings (SSSR count). The molecule has 27 heavy (non-hydrogen) atoms. The van der Waals surface area contributed by atoms with Crippen LogP contribution >= 0.6 is 20.7 Å². The van der Waals surface area contributed by atoms with Crippen molar-refractivity contribution in [3.63, 3.8) is 0 Å². The summed E-state index contributed by atoms with van der Waals surface area (Å²) in [5.41, 5.74) is 7.36. The summed E-state index contributed by atoms with van der Waals surface area (Å²) < 4.78 is 3.40. The minimum absolute atomic E-state index is 0.158. The lowest BCUT2D eigenvalue weighted by molar-refractivity contribution is 1.06. The van der Waals surface area contributed by atoms with Gasteiger partial charge in [0.05, 0.1) is 0 Å². The highest BCUT2D eigenvalue weighted by Gasteiger charge is 2.46. The van der Waals surface area contributed by atoms with Crippen LogP contribution in [0.2, 0.25) is 0 Å². The van der Waals surface area contributed by atoms with Crippen LogP contribution in [0, 0.1) is 23.3 Å². The molecule has 2 unspecified atom stereocenters. The second kappa shape index (κ2) is 6.56. The number of halogens is 1. The van der Waals surface area contributed by atoms with Crippen molar-refractivity contribution in [3.05, 3.63) is 98.6 Å². The third-order valence-electron chi connectivity index (χ3n) is 5.91. The van der Waals surface area contributed by atoms with Gasteiger partial charge in [-0.3, -0.25) is 0 Å². The molecule has 0 radical (unpaired) electrons. The molecule has 1 fully saturated rings. The Labute approximate surface area is 171 Å². The van der Waals surface area contributed by atoms with Gasteiger partial charge in [-0.25, -0.2) is 0 Å². The minimum atomic E-state index is -0.158. The molecule has 1 aliphatic heterocycles. The maximum Gasteiger partial charge on any atom is 0.0196 e. The number of aryl methyl sites for hydroxylation is 2. The summed E-state index contributed by atoms with van der Waals surface area (Å²) in [4.78, 5) is 0. The summed E-state index contributed by atoms with van der Waals surface area (Å²) in [6, 6.07) is 18.2. The van der Waals surface area contributed by atoms with Gasteiger partial charge in [-0.1, -0.05) is 99.6 Å². The van der Waals surface area contributed by atoms with Crippen LogP contribution < -0.4 is 0 Å². The van der Waals surface area contributed by atoms with E-state index in [1.165, 1.54) is 39.4 Å². The summed E-state index contributed by atoms with van der Waals surface area (Å²) in [5.74, 6) is 1.49. The molecule has 0 aromatic heterocycles. The summed E-state index contributed by atoms with van der Waals surface area (Å²) >= 11 is -0.158. The van der Waals surface area contributed by atoms with Crippen LogP contribution in [0.5, 0.6) is 0 Å². The van der Waals surface area contributed by atoms with Crippen molar-refractivity contribution in [2.75, 3.05) is 0 Å². The second-order valence-electron chi connectivity index (χ2n) is 7.66. The van der Waals surface area contributed by atoms with Gasteiger partial charge >= 0.3 is 0 Å². The molecule has 0 amide bonds.